The Bertz CT molecular complexity index is 532. The molecule has 1 atom stereocenters. The molecule has 0 radical (unpaired) electrons. The van der Waals surface area contributed by atoms with Gasteiger partial charge in [0.2, 0.25) is 0 Å². The average molecular weight is 242 g/mol. The van der Waals surface area contributed by atoms with Crippen LogP contribution >= 0.6 is 0 Å². The third-order valence-corrected chi connectivity index (χ3v) is 2.72. The van der Waals surface area contributed by atoms with Crippen LogP contribution in [0.25, 0.3) is 0 Å². The van der Waals surface area contributed by atoms with Crippen molar-refractivity contribution in [2.45, 2.75) is 6.04 Å². The van der Waals surface area contributed by atoms with Crippen molar-refractivity contribution in [1.82, 2.24) is 9.55 Å². The van der Waals surface area contributed by atoms with E-state index < -0.39 is 5.97 Å². The van der Waals surface area contributed by atoms with Gasteiger partial charge in [0.1, 0.15) is 0 Å². The number of aromatic nitrogens is 2. The second kappa shape index (κ2) is 5.31. The largest absolute Gasteiger partial charge is 0.466 e. The Morgan fingerprint density at radius 1 is 1.39 bits per heavy atom. The van der Waals surface area contributed by atoms with Gasteiger partial charge in [-0.15, -0.1) is 0 Å². The normalized spacial score (nSPS) is 11.8. The highest BCUT2D eigenvalue weighted by molar-refractivity contribution is 5.89. The van der Waals surface area contributed by atoms with Crippen LogP contribution in [0.4, 0.5) is 0 Å². The number of esters is 1. The van der Waals surface area contributed by atoms with Crippen molar-refractivity contribution in [2.75, 3.05) is 7.11 Å². The molecule has 1 aromatic carbocycles. The van der Waals surface area contributed by atoms with Crippen LogP contribution in [-0.2, 0) is 9.53 Å². The Labute approximate surface area is 106 Å². The van der Waals surface area contributed by atoms with Crippen molar-refractivity contribution in [3.8, 4) is 0 Å². The summed E-state index contributed by atoms with van der Waals surface area (Å²) in [6.07, 6.45) is 5.12. The van der Waals surface area contributed by atoms with Crippen LogP contribution in [0.3, 0.4) is 0 Å². The molecular formula is C14H14N2O2. The zero-order chi connectivity index (χ0) is 13.0. The summed E-state index contributed by atoms with van der Waals surface area (Å²) in [5.41, 5.74) is 1.34. The first-order valence-corrected chi connectivity index (χ1v) is 5.53. The Morgan fingerprint density at radius 2 is 2.11 bits per heavy atom. The fourth-order valence-corrected chi connectivity index (χ4v) is 1.85. The number of benzene rings is 1. The lowest BCUT2D eigenvalue weighted by Gasteiger charge is -2.19. The van der Waals surface area contributed by atoms with Gasteiger partial charge in [-0.3, -0.25) is 0 Å². The van der Waals surface area contributed by atoms with E-state index in [0.717, 1.165) is 5.56 Å². The van der Waals surface area contributed by atoms with E-state index in [4.69, 9.17) is 4.74 Å². The highest BCUT2D eigenvalue weighted by atomic mass is 16.5. The molecule has 0 saturated heterocycles. The maximum atomic E-state index is 11.7. The van der Waals surface area contributed by atoms with Gasteiger partial charge in [-0.1, -0.05) is 36.9 Å². The molecule has 0 N–H and O–H groups in total. The molecule has 0 aliphatic carbocycles. The number of nitrogens with zero attached hydrogens (tertiary/aromatic N) is 2. The standard InChI is InChI=1S/C14H14N2O2/c1-11(14(17)18-2)13(16-9-8-15-10-16)12-6-4-3-5-7-12/h3-10,13H,1H2,2H3. The van der Waals surface area contributed by atoms with Gasteiger partial charge < -0.3 is 9.30 Å². The molecule has 0 amide bonds. The van der Waals surface area contributed by atoms with E-state index in [1.54, 1.807) is 18.7 Å². The highest BCUT2D eigenvalue weighted by Crippen LogP contribution is 2.25. The number of hydrogen-bond donors (Lipinski definition) is 0. The molecule has 4 heteroatoms. The van der Waals surface area contributed by atoms with Crippen molar-refractivity contribution < 1.29 is 9.53 Å². The minimum absolute atomic E-state index is 0.291. The lowest BCUT2D eigenvalue weighted by Crippen LogP contribution is -2.18. The summed E-state index contributed by atoms with van der Waals surface area (Å²) in [4.78, 5) is 15.7. The predicted molar refractivity (Wildman–Crippen MR) is 68.0 cm³/mol. The first-order valence-electron chi connectivity index (χ1n) is 5.53. The number of rotatable bonds is 4. The van der Waals surface area contributed by atoms with E-state index in [-0.39, 0.29) is 6.04 Å². The molecular weight excluding hydrogens is 228 g/mol. The molecule has 0 spiro atoms. The quantitative estimate of drug-likeness (QED) is 0.610. The molecule has 2 aromatic rings. The number of methoxy groups -OCH3 is 1. The molecule has 0 aliphatic heterocycles. The summed E-state index contributed by atoms with van der Waals surface area (Å²) in [5, 5.41) is 0. The van der Waals surface area contributed by atoms with Crippen molar-refractivity contribution >= 4 is 5.97 Å². The first kappa shape index (κ1) is 12.1. The van der Waals surface area contributed by atoms with Gasteiger partial charge in [0, 0.05) is 12.4 Å². The SMILES string of the molecule is C=C(C(=O)OC)C(c1ccccc1)n1ccnc1. The lowest BCUT2D eigenvalue weighted by atomic mass is 10.00. The fraction of sp³-hybridized carbons (Fsp3) is 0.143. The Kier molecular flexibility index (Phi) is 3.57. The molecule has 18 heavy (non-hydrogen) atoms. The van der Waals surface area contributed by atoms with E-state index in [1.165, 1.54) is 7.11 Å². The van der Waals surface area contributed by atoms with E-state index in [2.05, 4.69) is 11.6 Å². The average Bonchev–Trinajstić information content (AvgIpc) is 2.93. The molecule has 1 aromatic heterocycles. The van der Waals surface area contributed by atoms with Crippen LogP contribution in [-0.4, -0.2) is 22.6 Å². The topological polar surface area (TPSA) is 44.1 Å². The highest BCUT2D eigenvalue weighted by Gasteiger charge is 2.22. The molecule has 4 nitrogen and oxygen atoms in total. The fourth-order valence-electron chi connectivity index (χ4n) is 1.85. The maximum absolute atomic E-state index is 11.7. The third-order valence-electron chi connectivity index (χ3n) is 2.72. The van der Waals surface area contributed by atoms with Crippen LogP contribution in [0.5, 0.6) is 0 Å². The predicted octanol–water partition coefficient (Wildman–Crippen LogP) is 2.20. The second-order valence-corrected chi connectivity index (χ2v) is 3.84. The van der Waals surface area contributed by atoms with E-state index in [0.29, 0.717) is 5.57 Å². The molecule has 1 heterocycles. The van der Waals surface area contributed by atoms with Crippen LogP contribution in [0, 0.1) is 0 Å². The molecule has 92 valence electrons. The molecule has 0 bridgehead atoms. The zero-order valence-electron chi connectivity index (χ0n) is 10.1. The summed E-state index contributed by atoms with van der Waals surface area (Å²) in [7, 11) is 1.35. The monoisotopic (exact) mass is 242 g/mol. The summed E-state index contributed by atoms with van der Waals surface area (Å²) < 4.78 is 6.57. The summed E-state index contributed by atoms with van der Waals surface area (Å²) in [5.74, 6) is -0.419. The van der Waals surface area contributed by atoms with Gasteiger partial charge in [-0.05, 0) is 5.56 Å². The summed E-state index contributed by atoms with van der Waals surface area (Å²) in [6.45, 7) is 3.83. The van der Waals surface area contributed by atoms with E-state index in [1.807, 2.05) is 34.9 Å². The first-order chi connectivity index (χ1) is 8.74. The van der Waals surface area contributed by atoms with Gasteiger partial charge in [0.15, 0.2) is 0 Å². The maximum Gasteiger partial charge on any atom is 0.335 e. The Hall–Kier alpha value is -2.36. The molecule has 1 unspecified atom stereocenters. The van der Waals surface area contributed by atoms with Gasteiger partial charge in [0.05, 0.1) is 25.1 Å². The number of hydrogen-bond acceptors (Lipinski definition) is 3. The third kappa shape index (κ3) is 2.32. The number of ether oxygens (including phenoxy) is 1. The van der Waals surface area contributed by atoms with Gasteiger partial charge in [-0.2, -0.15) is 0 Å². The van der Waals surface area contributed by atoms with E-state index in [9.17, 15) is 4.79 Å². The Morgan fingerprint density at radius 3 is 2.67 bits per heavy atom. The second-order valence-electron chi connectivity index (χ2n) is 3.84. The zero-order valence-corrected chi connectivity index (χ0v) is 10.1. The smallest absolute Gasteiger partial charge is 0.335 e. The van der Waals surface area contributed by atoms with Gasteiger partial charge in [-0.25, -0.2) is 9.78 Å². The molecule has 2 rings (SSSR count). The molecule has 0 fully saturated rings. The van der Waals surface area contributed by atoms with Gasteiger partial charge in [0.25, 0.3) is 0 Å². The van der Waals surface area contributed by atoms with Crippen molar-refractivity contribution in [3.63, 3.8) is 0 Å². The molecule has 0 saturated carbocycles. The van der Waals surface area contributed by atoms with Crippen LogP contribution < -0.4 is 0 Å². The summed E-state index contributed by atoms with van der Waals surface area (Å²) in [6, 6.07) is 9.36. The molecule has 0 aliphatic rings. The van der Waals surface area contributed by atoms with Crippen molar-refractivity contribution in [3.05, 3.63) is 66.8 Å². The summed E-state index contributed by atoms with van der Waals surface area (Å²) >= 11 is 0. The van der Waals surface area contributed by atoms with Gasteiger partial charge >= 0.3 is 5.97 Å². The van der Waals surface area contributed by atoms with Crippen LogP contribution in [0.15, 0.2) is 61.2 Å². The number of carbonyl (C=O) groups excluding carboxylic acids is 1. The minimum Gasteiger partial charge on any atom is -0.466 e. The van der Waals surface area contributed by atoms with E-state index >= 15 is 0 Å². The van der Waals surface area contributed by atoms with Crippen LogP contribution in [0.2, 0.25) is 0 Å². The van der Waals surface area contributed by atoms with Crippen molar-refractivity contribution in [1.29, 1.82) is 0 Å². The number of carbonyl (C=O) groups is 1. The van der Waals surface area contributed by atoms with Crippen LogP contribution in [0.1, 0.15) is 11.6 Å². The number of imidazole rings is 1. The minimum atomic E-state index is -0.419. The van der Waals surface area contributed by atoms with Crippen molar-refractivity contribution in [2.24, 2.45) is 0 Å². The Balaban J connectivity index is 2.42. The lowest BCUT2D eigenvalue weighted by molar-refractivity contribution is -0.136.